The number of hydrogen-bond acceptors (Lipinski definition) is 6. The highest BCUT2D eigenvalue weighted by atomic mass is 35.5. The summed E-state index contributed by atoms with van der Waals surface area (Å²) in [5.41, 5.74) is 1.17. The summed E-state index contributed by atoms with van der Waals surface area (Å²) in [5.74, 6) is 0.652. The molecule has 0 saturated carbocycles. The van der Waals surface area contributed by atoms with Crippen LogP contribution in [-0.2, 0) is 10.0 Å². The van der Waals surface area contributed by atoms with Gasteiger partial charge in [-0.2, -0.15) is 0 Å². The van der Waals surface area contributed by atoms with E-state index in [1.54, 1.807) is 30.3 Å². The summed E-state index contributed by atoms with van der Waals surface area (Å²) < 4.78 is 33.0. The van der Waals surface area contributed by atoms with Crippen LogP contribution < -0.4 is 9.46 Å². The van der Waals surface area contributed by atoms with Crippen molar-refractivity contribution in [2.75, 3.05) is 11.3 Å². The average Bonchev–Trinajstić information content (AvgIpc) is 2.74. The Balaban J connectivity index is 1.72. The van der Waals surface area contributed by atoms with Crippen molar-refractivity contribution in [3.05, 3.63) is 87.4 Å². The van der Waals surface area contributed by atoms with E-state index >= 15 is 0 Å². The highest BCUT2D eigenvalue weighted by molar-refractivity contribution is 7.92. The highest BCUT2D eigenvalue weighted by Gasteiger charge is 2.14. The summed E-state index contributed by atoms with van der Waals surface area (Å²) in [5, 5.41) is 11.0. The van der Waals surface area contributed by atoms with Gasteiger partial charge < -0.3 is 4.74 Å². The summed E-state index contributed by atoms with van der Waals surface area (Å²) in [7, 11) is -3.77. The van der Waals surface area contributed by atoms with Crippen LogP contribution in [0.1, 0.15) is 12.5 Å². The zero-order valence-electron chi connectivity index (χ0n) is 16.4. The van der Waals surface area contributed by atoms with Gasteiger partial charge in [0.1, 0.15) is 10.8 Å². The van der Waals surface area contributed by atoms with Crippen molar-refractivity contribution in [2.45, 2.75) is 11.8 Å². The quantitative estimate of drug-likeness (QED) is 0.283. The van der Waals surface area contributed by atoms with E-state index in [1.807, 2.05) is 6.92 Å². The number of anilines is 1. The minimum Gasteiger partial charge on any atom is -0.494 e. The number of nitro benzene ring substituents is 1. The van der Waals surface area contributed by atoms with Gasteiger partial charge in [0, 0.05) is 18.0 Å². The fourth-order valence-electron chi connectivity index (χ4n) is 2.61. The Hall–Kier alpha value is -3.43. The normalized spacial score (nSPS) is 11.4. The van der Waals surface area contributed by atoms with E-state index in [2.05, 4.69) is 9.71 Å². The molecular weight excluding hydrogens is 442 g/mol. The molecule has 0 radical (unpaired) electrons. The van der Waals surface area contributed by atoms with Gasteiger partial charge in [0.2, 0.25) is 0 Å². The van der Waals surface area contributed by atoms with E-state index in [0.29, 0.717) is 29.3 Å². The highest BCUT2D eigenvalue weighted by Crippen LogP contribution is 2.25. The predicted octanol–water partition coefficient (Wildman–Crippen LogP) is 5.20. The second-order valence-electron chi connectivity index (χ2n) is 6.28. The lowest BCUT2D eigenvalue weighted by Gasteiger charge is -2.09. The van der Waals surface area contributed by atoms with Crippen molar-refractivity contribution >= 4 is 44.9 Å². The Labute approximate surface area is 184 Å². The van der Waals surface area contributed by atoms with Gasteiger partial charge >= 0.3 is 0 Å². The monoisotopic (exact) mass is 459 g/mol. The number of aliphatic imine (C=N–C) groups is 1. The molecule has 0 heterocycles. The van der Waals surface area contributed by atoms with Crippen LogP contribution in [0.2, 0.25) is 5.02 Å². The molecule has 3 aromatic rings. The van der Waals surface area contributed by atoms with E-state index in [4.69, 9.17) is 16.3 Å². The molecule has 0 amide bonds. The van der Waals surface area contributed by atoms with Gasteiger partial charge in [-0.25, -0.2) is 8.42 Å². The van der Waals surface area contributed by atoms with Crippen LogP contribution in [0.4, 0.5) is 17.1 Å². The molecule has 3 rings (SSSR count). The molecule has 0 aliphatic heterocycles. The average molecular weight is 460 g/mol. The fourth-order valence-corrected chi connectivity index (χ4v) is 3.86. The molecule has 10 heteroatoms. The molecular formula is C21H18ClN3O5S. The maximum Gasteiger partial charge on any atom is 0.288 e. The third-order valence-electron chi connectivity index (χ3n) is 4.09. The van der Waals surface area contributed by atoms with Gasteiger partial charge in [0.05, 0.1) is 22.1 Å². The summed E-state index contributed by atoms with van der Waals surface area (Å²) >= 11 is 5.79. The van der Waals surface area contributed by atoms with Crippen molar-refractivity contribution < 1.29 is 18.1 Å². The third-order valence-corrected chi connectivity index (χ3v) is 5.81. The number of ether oxygens (including phenoxy) is 1. The number of benzene rings is 3. The third kappa shape index (κ3) is 5.80. The molecule has 0 bridgehead atoms. The summed E-state index contributed by atoms with van der Waals surface area (Å²) in [4.78, 5) is 14.7. The maximum atomic E-state index is 12.6. The minimum atomic E-state index is -3.77. The lowest BCUT2D eigenvalue weighted by molar-refractivity contribution is -0.384. The topological polar surface area (TPSA) is 111 Å². The molecule has 8 nitrogen and oxygen atoms in total. The Morgan fingerprint density at radius 3 is 2.39 bits per heavy atom. The molecule has 0 unspecified atom stereocenters. The van der Waals surface area contributed by atoms with E-state index in [0.717, 1.165) is 0 Å². The minimum absolute atomic E-state index is 0.0386. The number of rotatable bonds is 8. The van der Waals surface area contributed by atoms with Crippen LogP contribution in [0.5, 0.6) is 5.75 Å². The van der Waals surface area contributed by atoms with Crippen LogP contribution in [0.3, 0.4) is 0 Å². The second-order valence-corrected chi connectivity index (χ2v) is 8.37. The molecule has 0 aliphatic rings. The van der Waals surface area contributed by atoms with Gasteiger partial charge in [0.15, 0.2) is 0 Å². The van der Waals surface area contributed by atoms with Crippen molar-refractivity contribution in [1.29, 1.82) is 0 Å². The largest absolute Gasteiger partial charge is 0.494 e. The SMILES string of the molecule is CCOc1ccc(NS(=O)(=O)c2ccc(N=Cc3ccc(Cl)c([N+](=O)[O-])c3)cc2)cc1. The molecule has 160 valence electrons. The zero-order valence-corrected chi connectivity index (χ0v) is 17.9. The Kier molecular flexibility index (Phi) is 6.88. The van der Waals surface area contributed by atoms with Gasteiger partial charge in [-0.15, -0.1) is 0 Å². The molecule has 0 atom stereocenters. The van der Waals surface area contributed by atoms with Crippen molar-refractivity contribution in [3.63, 3.8) is 0 Å². The van der Waals surface area contributed by atoms with Crippen LogP contribution in [0.25, 0.3) is 0 Å². The number of nitrogens with zero attached hydrogens (tertiary/aromatic N) is 2. The Morgan fingerprint density at radius 1 is 1.10 bits per heavy atom. The Morgan fingerprint density at radius 2 is 1.77 bits per heavy atom. The molecule has 31 heavy (non-hydrogen) atoms. The van der Waals surface area contributed by atoms with Crippen molar-refractivity contribution in [2.24, 2.45) is 4.99 Å². The lowest BCUT2D eigenvalue weighted by atomic mass is 10.2. The number of halogens is 1. The molecule has 0 aliphatic carbocycles. The fraction of sp³-hybridized carbons (Fsp3) is 0.0952. The van der Waals surface area contributed by atoms with Crippen LogP contribution in [0, 0.1) is 10.1 Å². The van der Waals surface area contributed by atoms with Gasteiger partial charge in [-0.05, 0) is 67.1 Å². The summed E-state index contributed by atoms with van der Waals surface area (Å²) in [6, 6.07) is 16.8. The second kappa shape index (κ2) is 9.59. The molecule has 1 N–H and O–H groups in total. The molecule has 0 aromatic heterocycles. The first-order valence-electron chi connectivity index (χ1n) is 9.12. The van der Waals surface area contributed by atoms with Crippen molar-refractivity contribution in [3.8, 4) is 5.75 Å². The molecule has 0 saturated heterocycles. The standard InChI is InChI=1S/C21H18ClN3O5S/c1-2-30-18-8-4-17(5-9-18)24-31(28,29)19-10-6-16(7-11-19)23-14-15-3-12-20(22)21(13-15)25(26)27/h3-14,24H,2H2,1H3. The molecule has 0 fully saturated rings. The first-order valence-corrected chi connectivity index (χ1v) is 11.0. The van der Waals surface area contributed by atoms with E-state index in [-0.39, 0.29) is 15.6 Å². The lowest BCUT2D eigenvalue weighted by Crippen LogP contribution is -2.12. The van der Waals surface area contributed by atoms with Crippen LogP contribution in [-0.4, -0.2) is 26.2 Å². The van der Waals surface area contributed by atoms with E-state index in [1.165, 1.54) is 42.6 Å². The molecule has 3 aromatic carbocycles. The van der Waals surface area contributed by atoms with E-state index in [9.17, 15) is 18.5 Å². The van der Waals surface area contributed by atoms with Crippen molar-refractivity contribution in [1.82, 2.24) is 0 Å². The van der Waals surface area contributed by atoms with Gasteiger partial charge in [-0.3, -0.25) is 19.8 Å². The van der Waals surface area contributed by atoms with Gasteiger partial charge in [0.25, 0.3) is 15.7 Å². The smallest absolute Gasteiger partial charge is 0.288 e. The first kappa shape index (κ1) is 22.3. The number of sulfonamides is 1. The zero-order chi connectivity index (χ0) is 22.4. The maximum absolute atomic E-state index is 12.6. The summed E-state index contributed by atoms with van der Waals surface area (Å²) in [6.07, 6.45) is 1.44. The Bertz CT molecular complexity index is 1210. The number of hydrogen-bond donors (Lipinski definition) is 1. The number of nitro groups is 1. The first-order chi connectivity index (χ1) is 14.8. The predicted molar refractivity (Wildman–Crippen MR) is 120 cm³/mol. The molecule has 0 spiro atoms. The van der Waals surface area contributed by atoms with Crippen LogP contribution in [0.15, 0.2) is 76.6 Å². The van der Waals surface area contributed by atoms with E-state index < -0.39 is 14.9 Å². The van der Waals surface area contributed by atoms with Gasteiger partial charge in [-0.1, -0.05) is 17.7 Å². The van der Waals surface area contributed by atoms with Crippen LogP contribution >= 0.6 is 11.6 Å². The number of nitrogens with one attached hydrogen (secondary N) is 1. The summed E-state index contributed by atoms with van der Waals surface area (Å²) in [6.45, 7) is 2.39.